The zero-order chi connectivity index (χ0) is 18.9. The molecule has 26 heavy (non-hydrogen) atoms. The first-order valence-electron chi connectivity index (χ1n) is 8.12. The second kappa shape index (κ2) is 9.50. The average molecular weight is 362 g/mol. The molecule has 0 aliphatic carbocycles. The monoisotopic (exact) mass is 362 g/mol. The zero-order valence-corrected chi connectivity index (χ0v) is 14.4. The summed E-state index contributed by atoms with van der Waals surface area (Å²) in [6, 6.07) is 10.9. The number of benzene rings is 2. The summed E-state index contributed by atoms with van der Waals surface area (Å²) in [7, 11) is 1.62. The fourth-order valence-corrected chi connectivity index (χ4v) is 2.17. The summed E-state index contributed by atoms with van der Waals surface area (Å²) in [5, 5.41) is 2.46. The molecule has 2 rings (SSSR count). The lowest BCUT2D eigenvalue weighted by Crippen LogP contribution is -2.38. The fourth-order valence-electron chi connectivity index (χ4n) is 2.17. The summed E-state index contributed by atoms with van der Waals surface area (Å²) in [5.41, 5.74) is 0.160. The number of likely N-dealkylation sites (N-methyl/N-ethyl adjacent to an activating group) is 1. The Kier molecular flexibility index (Phi) is 7.08. The lowest BCUT2D eigenvalue weighted by molar-refractivity contribution is -0.128. The van der Waals surface area contributed by atoms with E-state index < -0.39 is 11.7 Å². The summed E-state index contributed by atoms with van der Waals surface area (Å²) in [6.07, 6.45) is 0.581. The van der Waals surface area contributed by atoms with Crippen LogP contribution in [0.5, 0.6) is 5.75 Å². The third-order valence-corrected chi connectivity index (χ3v) is 3.63. The van der Waals surface area contributed by atoms with E-state index >= 15 is 0 Å². The van der Waals surface area contributed by atoms with Crippen LogP contribution in [0, 0.1) is 11.6 Å². The van der Waals surface area contributed by atoms with Crippen LogP contribution < -0.4 is 10.1 Å². The molecule has 0 spiro atoms. The summed E-state index contributed by atoms with van der Waals surface area (Å²) in [4.78, 5) is 25.3. The van der Waals surface area contributed by atoms with Gasteiger partial charge < -0.3 is 15.0 Å². The molecule has 2 amide bonds. The number of ether oxygens (including phenoxy) is 1. The molecular formula is C19H20F2N2O3. The molecule has 0 saturated heterocycles. The third-order valence-electron chi connectivity index (χ3n) is 3.63. The van der Waals surface area contributed by atoms with Gasteiger partial charge in [-0.15, -0.1) is 0 Å². The number of rotatable bonds is 8. The van der Waals surface area contributed by atoms with Crippen molar-refractivity contribution in [3.8, 4) is 5.75 Å². The Morgan fingerprint density at radius 3 is 2.50 bits per heavy atom. The molecule has 0 saturated carbocycles. The highest BCUT2D eigenvalue weighted by atomic mass is 19.1. The van der Waals surface area contributed by atoms with Gasteiger partial charge in [0.05, 0.1) is 13.2 Å². The smallest absolute Gasteiger partial charge is 0.251 e. The summed E-state index contributed by atoms with van der Waals surface area (Å²) in [6.45, 7) is 0.638. The van der Waals surface area contributed by atoms with Crippen LogP contribution in [0.15, 0.2) is 48.5 Å². The predicted octanol–water partition coefficient (Wildman–Crippen LogP) is 2.62. The van der Waals surface area contributed by atoms with Crippen molar-refractivity contribution in [1.29, 1.82) is 0 Å². The molecule has 2 aromatic rings. The largest absolute Gasteiger partial charge is 0.494 e. The van der Waals surface area contributed by atoms with Crippen molar-refractivity contribution in [2.24, 2.45) is 0 Å². The van der Waals surface area contributed by atoms with E-state index in [9.17, 15) is 18.4 Å². The van der Waals surface area contributed by atoms with Gasteiger partial charge >= 0.3 is 0 Å². The minimum Gasteiger partial charge on any atom is -0.494 e. The molecule has 0 aliphatic heterocycles. The van der Waals surface area contributed by atoms with Crippen LogP contribution in [-0.4, -0.2) is 43.5 Å². The molecule has 0 unspecified atom stereocenters. The molecule has 0 radical (unpaired) electrons. The van der Waals surface area contributed by atoms with Crippen LogP contribution in [0.1, 0.15) is 16.8 Å². The highest BCUT2D eigenvalue weighted by molar-refractivity contribution is 5.96. The first-order chi connectivity index (χ1) is 12.5. The van der Waals surface area contributed by atoms with Gasteiger partial charge in [0.15, 0.2) is 0 Å². The second-order valence-electron chi connectivity index (χ2n) is 5.66. The van der Waals surface area contributed by atoms with E-state index in [-0.39, 0.29) is 23.8 Å². The Morgan fingerprint density at radius 1 is 1.08 bits per heavy atom. The Labute approximate surface area is 150 Å². The van der Waals surface area contributed by atoms with Crippen molar-refractivity contribution >= 4 is 11.8 Å². The maximum absolute atomic E-state index is 13.1. The van der Waals surface area contributed by atoms with Crippen LogP contribution in [0.4, 0.5) is 8.78 Å². The normalized spacial score (nSPS) is 10.3. The van der Waals surface area contributed by atoms with Crippen molar-refractivity contribution in [3.63, 3.8) is 0 Å². The molecule has 0 atom stereocenters. The maximum Gasteiger partial charge on any atom is 0.251 e. The van der Waals surface area contributed by atoms with E-state index in [4.69, 9.17) is 4.74 Å². The highest BCUT2D eigenvalue weighted by Crippen LogP contribution is 2.11. The quantitative estimate of drug-likeness (QED) is 0.735. The van der Waals surface area contributed by atoms with Gasteiger partial charge in [-0.25, -0.2) is 8.78 Å². The highest BCUT2D eigenvalue weighted by Gasteiger charge is 2.12. The lowest BCUT2D eigenvalue weighted by atomic mass is 10.2. The number of hydrogen-bond donors (Lipinski definition) is 1. The number of carbonyl (C=O) groups is 2. The second-order valence-corrected chi connectivity index (χ2v) is 5.66. The molecule has 0 heterocycles. The van der Waals surface area contributed by atoms with E-state index in [1.165, 1.54) is 47.4 Å². The van der Waals surface area contributed by atoms with Crippen molar-refractivity contribution in [2.45, 2.75) is 6.42 Å². The SMILES string of the molecule is CN(CCCOc1ccc(F)cc1)C(=O)CNC(=O)c1cccc(F)c1. The molecule has 0 bridgehead atoms. The van der Waals surface area contributed by atoms with Crippen LogP contribution in [0.25, 0.3) is 0 Å². The minimum absolute atomic E-state index is 0.160. The van der Waals surface area contributed by atoms with E-state index in [1.807, 2.05) is 0 Å². The molecule has 0 aromatic heterocycles. The van der Waals surface area contributed by atoms with Crippen molar-refractivity contribution in [2.75, 3.05) is 26.7 Å². The van der Waals surface area contributed by atoms with E-state index in [0.29, 0.717) is 25.3 Å². The molecule has 7 heteroatoms. The predicted molar refractivity (Wildman–Crippen MR) is 92.9 cm³/mol. The van der Waals surface area contributed by atoms with Crippen LogP contribution in [0.3, 0.4) is 0 Å². The summed E-state index contributed by atoms with van der Waals surface area (Å²) >= 11 is 0. The number of amides is 2. The maximum atomic E-state index is 13.1. The number of nitrogens with zero attached hydrogens (tertiary/aromatic N) is 1. The molecular weight excluding hydrogens is 342 g/mol. The number of nitrogens with one attached hydrogen (secondary N) is 1. The fraction of sp³-hybridized carbons (Fsp3) is 0.263. The standard InChI is InChI=1S/C19H20F2N2O3/c1-23(10-3-11-26-17-8-6-15(20)7-9-17)18(24)13-22-19(25)14-4-2-5-16(21)12-14/h2,4-9,12H,3,10-11,13H2,1H3,(H,22,25). The van der Waals surface area contributed by atoms with E-state index in [2.05, 4.69) is 5.32 Å². The van der Waals surface area contributed by atoms with Gasteiger partial charge in [0.1, 0.15) is 17.4 Å². The Morgan fingerprint density at radius 2 is 1.81 bits per heavy atom. The molecule has 1 N–H and O–H groups in total. The number of carbonyl (C=O) groups excluding carboxylic acids is 2. The number of hydrogen-bond acceptors (Lipinski definition) is 3. The molecule has 0 fully saturated rings. The Bertz CT molecular complexity index is 751. The lowest BCUT2D eigenvalue weighted by Gasteiger charge is -2.17. The van der Waals surface area contributed by atoms with Gasteiger partial charge in [-0.05, 0) is 48.9 Å². The minimum atomic E-state index is -0.512. The van der Waals surface area contributed by atoms with Gasteiger partial charge in [-0.3, -0.25) is 9.59 Å². The zero-order valence-electron chi connectivity index (χ0n) is 14.4. The van der Waals surface area contributed by atoms with Gasteiger partial charge in [0.25, 0.3) is 5.91 Å². The topological polar surface area (TPSA) is 58.6 Å². The molecule has 138 valence electrons. The first-order valence-corrected chi connectivity index (χ1v) is 8.12. The van der Waals surface area contributed by atoms with Gasteiger partial charge in [0, 0.05) is 19.2 Å². The van der Waals surface area contributed by atoms with Crippen LogP contribution >= 0.6 is 0 Å². The van der Waals surface area contributed by atoms with Gasteiger partial charge in [0.2, 0.25) is 5.91 Å². The average Bonchev–Trinajstić information content (AvgIpc) is 2.64. The van der Waals surface area contributed by atoms with E-state index in [0.717, 1.165) is 6.07 Å². The van der Waals surface area contributed by atoms with Gasteiger partial charge in [-0.2, -0.15) is 0 Å². The van der Waals surface area contributed by atoms with E-state index in [1.54, 1.807) is 7.05 Å². The van der Waals surface area contributed by atoms with Crippen LogP contribution in [-0.2, 0) is 4.79 Å². The number of halogens is 2. The van der Waals surface area contributed by atoms with Crippen LogP contribution in [0.2, 0.25) is 0 Å². The first kappa shape index (κ1) is 19.4. The van der Waals surface area contributed by atoms with Crippen molar-refractivity contribution in [1.82, 2.24) is 10.2 Å². The van der Waals surface area contributed by atoms with Crippen molar-refractivity contribution in [3.05, 3.63) is 65.7 Å². The summed E-state index contributed by atoms with van der Waals surface area (Å²) in [5.74, 6) is -1.06. The molecule has 0 aliphatic rings. The Balaban J connectivity index is 1.67. The molecule has 5 nitrogen and oxygen atoms in total. The summed E-state index contributed by atoms with van der Waals surface area (Å²) < 4.78 is 31.3. The third kappa shape index (κ3) is 6.16. The van der Waals surface area contributed by atoms with Gasteiger partial charge in [-0.1, -0.05) is 6.07 Å². The van der Waals surface area contributed by atoms with Crippen molar-refractivity contribution < 1.29 is 23.1 Å². The Hall–Kier alpha value is -2.96. The molecule has 2 aromatic carbocycles.